The molecule has 0 saturated heterocycles. The maximum Gasteiger partial charge on any atom is 0.328 e. The largest absolute Gasteiger partial charge is 0.467 e. The van der Waals surface area contributed by atoms with Gasteiger partial charge in [0.25, 0.3) is 5.91 Å². The Balaban J connectivity index is 2.14. The molecule has 3 N–H and O–H groups in total. The number of hydrogen-bond donors (Lipinski definition) is 2. The number of nitrogens with one attached hydrogen (secondary N) is 1. The summed E-state index contributed by atoms with van der Waals surface area (Å²) in [6.07, 6.45) is 0. The average Bonchev–Trinajstić information content (AvgIpc) is 3.02. The molecular weight excluding hydrogens is 314 g/mol. The average molecular weight is 333 g/mol. The normalized spacial score (nSPS) is 12.0. The number of esters is 1. The Hall–Kier alpha value is -2.41. The molecule has 2 rings (SSSR count). The van der Waals surface area contributed by atoms with Crippen LogP contribution in [0.25, 0.3) is 10.6 Å². The molecule has 6 nitrogen and oxygen atoms in total. The number of aromatic nitrogens is 1. The molecular formula is C16H19N3O3S. The minimum atomic E-state index is -0.700. The number of anilines is 1. The van der Waals surface area contributed by atoms with Gasteiger partial charge in [-0.05, 0) is 30.2 Å². The van der Waals surface area contributed by atoms with Crippen LogP contribution in [-0.2, 0) is 9.53 Å². The van der Waals surface area contributed by atoms with Crippen molar-refractivity contribution < 1.29 is 14.3 Å². The van der Waals surface area contributed by atoms with Gasteiger partial charge in [-0.3, -0.25) is 4.79 Å². The van der Waals surface area contributed by atoms with E-state index in [1.54, 1.807) is 17.5 Å². The van der Waals surface area contributed by atoms with Crippen LogP contribution in [0.5, 0.6) is 0 Å². The molecule has 1 atom stereocenters. The Morgan fingerprint density at radius 3 is 2.48 bits per heavy atom. The van der Waals surface area contributed by atoms with Crippen molar-refractivity contribution >= 4 is 28.9 Å². The summed E-state index contributed by atoms with van der Waals surface area (Å²) in [5.41, 5.74) is 7.49. The van der Waals surface area contributed by atoms with Gasteiger partial charge in [-0.25, -0.2) is 9.78 Å². The zero-order valence-electron chi connectivity index (χ0n) is 13.2. The van der Waals surface area contributed by atoms with Crippen molar-refractivity contribution in [1.82, 2.24) is 10.3 Å². The fourth-order valence-electron chi connectivity index (χ4n) is 1.98. The highest BCUT2D eigenvalue weighted by molar-refractivity contribution is 7.13. The van der Waals surface area contributed by atoms with Crippen molar-refractivity contribution in [2.24, 2.45) is 5.92 Å². The smallest absolute Gasteiger partial charge is 0.328 e. The van der Waals surface area contributed by atoms with Crippen molar-refractivity contribution in [2.75, 3.05) is 12.8 Å². The van der Waals surface area contributed by atoms with E-state index in [4.69, 9.17) is 10.5 Å². The van der Waals surface area contributed by atoms with E-state index in [2.05, 4.69) is 10.3 Å². The maximum atomic E-state index is 12.3. The molecule has 1 aromatic carbocycles. The van der Waals surface area contributed by atoms with Crippen LogP contribution in [0.3, 0.4) is 0 Å². The Labute approximate surface area is 138 Å². The van der Waals surface area contributed by atoms with Crippen molar-refractivity contribution in [2.45, 2.75) is 19.9 Å². The number of nitrogens with zero attached hydrogens (tertiary/aromatic N) is 1. The molecule has 0 radical (unpaired) electrons. The Morgan fingerprint density at radius 1 is 1.26 bits per heavy atom. The van der Waals surface area contributed by atoms with E-state index < -0.39 is 17.9 Å². The number of ether oxygens (including phenoxy) is 1. The number of nitrogens with two attached hydrogens (primary N) is 1. The molecule has 0 fully saturated rings. The molecule has 0 aliphatic heterocycles. The van der Waals surface area contributed by atoms with Gasteiger partial charge in [-0.2, -0.15) is 0 Å². The summed E-state index contributed by atoms with van der Waals surface area (Å²) < 4.78 is 4.71. The Morgan fingerprint density at radius 2 is 1.91 bits per heavy atom. The number of hydrogen-bond acceptors (Lipinski definition) is 6. The second-order valence-corrected chi connectivity index (χ2v) is 6.24. The first kappa shape index (κ1) is 17.0. The standard InChI is InChI=1S/C16H19N3O3S/c1-9(2)13(16(21)22-3)19-14(20)12-8-23-15(18-12)10-4-6-11(17)7-5-10/h4-9,13H,17H2,1-3H3,(H,19,20). The number of methoxy groups -OCH3 is 1. The lowest BCUT2D eigenvalue weighted by Crippen LogP contribution is -2.45. The van der Waals surface area contributed by atoms with E-state index in [1.165, 1.54) is 18.4 Å². The predicted molar refractivity (Wildman–Crippen MR) is 90.1 cm³/mol. The number of nitrogen functional groups attached to an aromatic ring is 1. The van der Waals surface area contributed by atoms with Gasteiger partial charge in [0.1, 0.15) is 16.7 Å². The Bertz CT molecular complexity index is 695. The van der Waals surface area contributed by atoms with Gasteiger partial charge in [0.05, 0.1) is 7.11 Å². The number of carbonyl (C=O) groups is 2. The second-order valence-electron chi connectivity index (χ2n) is 5.38. The molecule has 23 heavy (non-hydrogen) atoms. The Kier molecular flexibility index (Phi) is 5.33. The van der Waals surface area contributed by atoms with Gasteiger partial charge >= 0.3 is 5.97 Å². The van der Waals surface area contributed by atoms with Crippen molar-refractivity contribution in [3.8, 4) is 10.6 Å². The summed E-state index contributed by atoms with van der Waals surface area (Å²) in [5, 5.41) is 5.05. The number of amides is 1. The van der Waals surface area contributed by atoms with Crippen LogP contribution < -0.4 is 11.1 Å². The van der Waals surface area contributed by atoms with Crippen molar-refractivity contribution in [3.63, 3.8) is 0 Å². The molecule has 1 heterocycles. The van der Waals surface area contributed by atoms with E-state index in [9.17, 15) is 9.59 Å². The molecule has 1 aromatic heterocycles. The van der Waals surface area contributed by atoms with Gasteiger partial charge in [0, 0.05) is 16.6 Å². The topological polar surface area (TPSA) is 94.3 Å². The molecule has 1 amide bonds. The first-order valence-electron chi connectivity index (χ1n) is 7.12. The van der Waals surface area contributed by atoms with E-state index in [0.717, 1.165) is 5.56 Å². The SMILES string of the molecule is COC(=O)C(NC(=O)c1csc(-c2ccc(N)cc2)n1)C(C)C. The highest BCUT2D eigenvalue weighted by Crippen LogP contribution is 2.24. The molecule has 0 aliphatic rings. The molecule has 0 bridgehead atoms. The summed E-state index contributed by atoms with van der Waals surface area (Å²) >= 11 is 1.36. The summed E-state index contributed by atoms with van der Waals surface area (Å²) in [6.45, 7) is 3.67. The third-order valence-corrected chi connectivity index (χ3v) is 4.19. The fourth-order valence-corrected chi connectivity index (χ4v) is 2.78. The second kappa shape index (κ2) is 7.23. The van der Waals surface area contributed by atoms with Crippen LogP contribution in [0.1, 0.15) is 24.3 Å². The molecule has 0 saturated carbocycles. The van der Waals surface area contributed by atoms with Crippen LogP contribution in [-0.4, -0.2) is 30.0 Å². The zero-order valence-corrected chi connectivity index (χ0v) is 14.0. The maximum absolute atomic E-state index is 12.3. The highest BCUT2D eigenvalue weighted by atomic mass is 32.1. The van der Waals surface area contributed by atoms with Crippen LogP contribution in [0, 0.1) is 5.92 Å². The predicted octanol–water partition coefficient (Wildman–Crippen LogP) is 2.32. The summed E-state index contributed by atoms with van der Waals surface area (Å²) in [5.74, 6) is -0.948. The number of thiazole rings is 1. The number of rotatable bonds is 5. The number of benzene rings is 1. The first-order valence-corrected chi connectivity index (χ1v) is 8.00. The fraction of sp³-hybridized carbons (Fsp3) is 0.312. The van der Waals surface area contributed by atoms with Crippen LogP contribution >= 0.6 is 11.3 Å². The summed E-state index contributed by atoms with van der Waals surface area (Å²) in [6, 6.07) is 6.56. The molecule has 0 spiro atoms. The van der Waals surface area contributed by atoms with E-state index >= 15 is 0 Å². The van der Waals surface area contributed by atoms with E-state index in [0.29, 0.717) is 10.7 Å². The number of carbonyl (C=O) groups excluding carboxylic acids is 2. The summed E-state index contributed by atoms with van der Waals surface area (Å²) in [7, 11) is 1.30. The van der Waals surface area contributed by atoms with Crippen LogP contribution in [0.2, 0.25) is 0 Å². The molecule has 1 unspecified atom stereocenters. The van der Waals surface area contributed by atoms with Gasteiger partial charge in [0.2, 0.25) is 0 Å². The quantitative estimate of drug-likeness (QED) is 0.647. The first-order chi connectivity index (χ1) is 10.9. The van der Waals surface area contributed by atoms with Crippen LogP contribution in [0.4, 0.5) is 5.69 Å². The van der Waals surface area contributed by atoms with Gasteiger partial charge in [-0.1, -0.05) is 13.8 Å². The van der Waals surface area contributed by atoms with Gasteiger partial charge in [-0.15, -0.1) is 11.3 Å². The monoisotopic (exact) mass is 333 g/mol. The van der Waals surface area contributed by atoms with E-state index in [-0.39, 0.29) is 11.6 Å². The van der Waals surface area contributed by atoms with E-state index in [1.807, 2.05) is 26.0 Å². The molecule has 0 aliphatic carbocycles. The minimum Gasteiger partial charge on any atom is -0.467 e. The third-order valence-electron chi connectivity index (χ3n) is 3.30. The van der Waals surface area contributed by atoms with Gasteiger partial charge < -0.3 is 15.8 Å². The third kappa shape index (κ3) is 4.07. The lowest BCUT2D eigenvalue weighted by Gasteiger charge is -2.19. The molecule has 7 heteroatoms. The van der Waals surface area contributed by atoms with Gasteiger partial charge in [0.15, 0.2) is 0 Å². The van der Waals surface area contributed by atoms with Crippen LogP contribution in [0.15, 0.2) is 29.6 Å². The minimum absolute atomic E-state index is 0.0818. The lowest BCUT2D eigenvalue weighted by atomic mass is 10.0. The molecule has 2 aromatic rings. The summed E-state index contributed by atoms with van der Waals surface area (Å²) in [4.78, 5) is 28.3. The van der Waals surface area contributed by atoms with Crippen molar-refractivity contribution in [3.05, 3.63) is 35.3 Å². The lowest BCUT2D eigenvalue weighted by molar-refractivity contribution is -0.144. The molecule has 122 valence electrons. The van der Waals surface area contributed by atoms with Crippen molar-refractivity contribution in [1.29, 1.82) is 0 Å². The zero-order chi connectivity index (χ0) is 17.0. The highest BCUT2D eigenvalue weighted by Gasteiger charge is 2.26.